The van der Waals surface area contributed by atoms with Crippen molar-refractivity contribution in [3.05, 3.63) is 12.2 Å². The summed E-state index contributed by atoms with van der Waals surface area (Å²) in [4.78, 5) is 22.9. The van der Waals surface area contributed by atoms with Crippen molar-refractivity contribution >= 4 is 11.7 Å². The van der Waals surface area contributed by atoms with Crippen LogP contribution in [0.4, 0.5) is 0 Å². The second kappa shape index (κ2) is 2.94. The number of hydrogen-bond acceptors (Lipinski definition) is 2. The lowest BCUT2D eigenvalue weighted by Crippen LogP contribution is -2.38. The molecule has 2 bridgehead atoms. The van der Waals surface area contributed by atoms with Crippen LogP contribution in [0.2, 0.25) is 0 Å². The van der Waals surface area contributed by atoms with Gasteiger partial charge < -0.3 is 5.32 Å². The van der Waals surface area contributed by atoms with Crippen molar-refractivity contribution in [2.45, 2.75) is 25.8 Å². The summed E-state index contributed by atoms with van der Waals surface area (Å²) in [6.45, 7) is 1.53. The molecule has 3 aliphatic rings. The monoisotopic (exact) mass is 205 g/mol. The third kappa shape index (κ3) is 1.18. The molecule has 0 saturated heterocycles. The Morgan fingerprint density at radius 3 is 2.87 bits per heavy atom. The fourth-order valence-electron chi connectivity index (χ4n) is 3.76. The minimum Gasteiger partial charge on any atom is -0.353 e. The lowest BCUT2D eigenvalue weighted by molar-refractivity contribution is -0.121. The lowest BCUT2D eigenvalue weighted by Gasteiger charge is -2.24. The highest BCUT2D eigenvalue weighted by molar-refractivity contribution is 5.87. The number of carbonyl (C=O) groups excluding carboxylic acids is 2. The van der Waals surface area contributed by atoms with Gasteiger partial charge in [-0.3, -0.25) is 9.59 Å². The zero-order chi connectivity index (χ0) is 10.6. The highest BCUT2D eigenvalue weighted by Crippen LogP contribution is 2.53. The molecule has 1 N–H and O–H groups in total. The summed E-state index contributed by atoms with van der Waals surface area (Å²) in [5.74, 6) is 1.93. The van der Waals surface area contributed by atoms with Crippen molar-refractivity contribution in [3.8, 4) is 0 Å². The van der Waals surface area contributed by atoms with Gasteiger partial charge in [-0.2, -0.15) is 0 Å². The molecule has 0 aromatic rings. The normalized spacial score (nSPS) is 45.9. The second-order valence-electron chi connectivity index (χ2n) is 5.03. The van der Waals surface area contributed by atoms with Gasteiger partial charge in [0.25, 0.3) is 0 Å². The molecule has 0 unspecified atom stereocenters. The molecule has 0 aromatic heterocycles. The van der Waals surface area contributed by atoms with Crippen LogP contribution in [-0.4, -0.2) is 17.7 Å². The summed E-state index contributed by atoms with van der Waals surface area (Å²) in [6.07, 6.45) is 6.10. The van der Waals surface area contributed by atoms with Crippen molar-refractivity contribution in [3.63, 3.8) is 0 Å². The van der Waals surface area contributed by atoms with Crippen molar-refractivity contribution in [2.75, 3.05) is 0 Å². The maximum Gasteiger partial charge on any atom is 0.217 e. The Bertz CT molecular complexity index is 361. The Balaban J connectivity index is 1.87. The fourth-order valence-corrected chi connectivity index (χ4v) is 3.76. The molecule has 2 saturated carbocycles. The predicted molar refractivity (Wildman–Crippen MR) is 54.9 cm³/mol. The van der Waals surface area contributed by atoms with E-state index >= 15 is 0 Å². The van der Waals surface area contributed by atoms with Crippen LogP contribution < -0.4 is 5.32 Å². The second-order valence-corrected chi connectivity index (χ2v) is 5.03. The van der Waals surface area contributed by atoms with Gasteiger partial charge in [0.15, 0.2) is 0 Å². The molecule has 3 nitrogen and oxygen atoms in total. The third-order valence-corrected chi connectivity index (χ3v) is 4.17. The molecule has 3 aliphatic carbocycles. The molecule has 0 radical (unpaired) electrons. The first-order chi connectivity index (χ1) is 7.16. The van der Waals surface area contributed by atoms with Crippen molar-refractivity contribution in [1.82, 2.24) is 5.32 Å². The maximum absolute atomic E-state index is 11.9. The van der Waals surface area contributed by atoms with E-state index < -0.39 is 0 Å². The summed E-state index contributed by atoms with van der Waals surface area (Å²) in [6, 6.07) is 0.0972. The first-order valence-electron chi connectivity index (χ1n) is 5.65. The number of nitrogens with one attached hydrogen (secondary N) is 1. The molecular weight excluding hydrogens is 190 g/mol. The highest BCUT2D eigenvalue weighted by Gasteiger charge is 2.55. The molecular formula is C12H15NO2. The van der Waals surface area contributed by atoms with Gasteiger partial charge in [-0.05, 0) is 24.2 Å². The van der Waals surface area contributed by atoms with E-state index in [0.717, 1.165) is 6.42 Å². The van der Waals surface area contributed by atoms with Crippen LogP contribution >= 0.6 is 0 Å². The van der Waals surface area contributed by atoms with E-state index in [9.17, 15) is 9.59 Å². The average Bonchev–Trinajstić information content (AvgIpc) is 2.78. The molecule has 0 spiro atoms. The Morgan fingerprint density at radius 2 is 2.13 bits per heavy atom. The largest absolute Gasteiger partial charge is 0.353 e. The molecule has 0 aromatic carbocycles. The quantitative estimate of drug-likeness (QED) is 0.646. The van der Waals surface area contributed by atoms with Crippen LogP contribution in [0.25, 0.3) is 0 Å². The SMILES string of the molecule is CC(=O)N[C@@H]1CC(=O)[C@@H]2[C@H]1[C@@H]1C=C[C@H]2C1. The molecule has 80 valence electrons. The number of carbonyl (C=O) groups is 2. The molecule has 3 rings (SSSR count). The molecule has 2 fully saturated rings. The van der Waals surface area contributed by atoms with Crippen LogP contribution in [-0.2, 0) is 9.59 Å². The van der Waals surface area contributed by atoms with Crippen LogP contribution in [0.1, 0.15) is 19.8 Å². The van der Waals surface area contributed by atoms with Gasteiger partial charge in [-0.25, -0.2) is 0 Å². The molecule has 0 aliphatic heterocycles. The van der Waals surface area contributed by atoms with Crippen LogP contribution in [0.5, 0.6) is 0 Å². The average molecular weight is 205 g/mol. The Morgan fingerprint density at radius 1 is 1.40 bits per heavy atom. The van der Waals surface area contributed by atoms with Gasteiger partial charge in [0.05, 0.1) is 0 Å². The summed E-state index contributed by atoms with van der Waals surface area (Å²) in [5, 5.41) is 2.93. The van der Waals surface area contributed by atoms with Crippen LogP contribution in [0, 0.1) is 23.7 Å². The number of hydrogen-bond donors (Lipinski definition) is 1. The Hall–Kier alpha value is -1.12. The molecule has 15 heavy (non-hydrogen) atoms. The smallest absolute Gasteiger partial charge is 0.217 e. The Kier molecular flexibility index (Phi) is 1.79. The summed E-state index contributed by atoms with van der Waals surface area (Å²) in [7, 11) is 0. The standard InChI is InChI=1S/C12H15NO2/c1-6(14)13-9-5-10(15)12-8-3-2-7(4-8)11(9)12/h2-3,7-9,11-12H,4-5H2,1H3,(H,13,14)/t7-,8+,9-,11+,12-/m1/s1. The van der Waals surface area contributed by atoms with Crippen molar-refractivity contribution in [2.24, 2.45) is 23.7 Å². The fraction of sp³-hybridized carbons (Fsp3) is 0.667. The third-order valence-electron chi connectivity index (χ3n) is 4.17. The van der Waals surface area contributed by atoms with Crippen LogP contribution in [0.3, 0.4) is 0 Å². The highest BCUT2D eigenvalue weighted by atomic mass is 16.1. The number of ketones is 1. The van der Waals surface area contributed by atoms with E-state index in [0.29, 0.717) is 30.0 Å². The molecule has 0 heterocycles. The van der Waals surface area contributed by atoms with Gasteiger partial charge in [0.1, 0.15) is 5.78 Å². The summed E-state index contributed by atoms with van der Waals surface area (Å²) in [5.41, 5.74) is 0. The topological polar surface area (TPSA) is 46.2 Å². The van der Waals surface area contributed by atoms with Crippen molar-refractivity contribution in [1.29, 1.82) is 0 Å². The number of amides is 1. The minimum absolute atomic E-state index is 0.0137. The predicted octanol–water partition coefficient (Wildman–Crippen LogP) is 0.902. The van der Waals surface area contributed by atoms with E-state index in [1.54, 1.807) is 0 Å². The van der Waals surface area contributed by atoms with Gasteiger partial charge in [-0.15, -0.1) is 0 Å². The molecule has 1 amide bonds. The van der Waals surface area contributed by atoms with Gasteiger partial charge in [0.2, 0.25) is 5.91 Å². The van der Waals surface area contributed by atoms with E-state index in [1.807, 2.05) is 0 Å². The summed E-state index contributed by atoms with van der Waals surface area (Å²) >= 11 is 0. The minimum atomic E-state index is -0.0137. The Labute approximate surface area is 88.9 Å². The van der Waals surface area contributed by atoms with Gasteiger partial charge in [-0.1, -0.05) is 12.2 Å². The number of allylic oxidation sites excluding steroid dienone is 2. The van der Waals surface area contributed by atoms with E-state index in [-0.39, 0.29) is 17.9 Å². The summed E-state index contributed by atoms with van der Waals surface area (Å²) < 4.78 is 0. The van der Waals surface area contributed by atoms with Gasteiger partial charge >= 0.3 is 0 Å². The first-order valence-corrected chi connectivity index (χ1v) is 5.65. The lowest BCUT2D eigenvalue weighted by atomic mass is 9.84. The van der Waals surface area contributed by atoms with Crippen molar-refractivity contribution < 1.29 is 9.59 Å². The number of rotatable bonds is 1. The molecule has 3 heteroatoms. The van der Waals surface area contributed by atoms with E-state index in [2.05, 4.69) is 17.5 Å². The first kappa shape index (κ1) is 9.13. The van der Waals surface area contributed by atoms with Crippen LogP contribution in [0.15, 0.2) is 12.2 Å². The van der Waals surface area contributed by atoms with Gasteiger partial charge in [0, 0.05) is 25.3 Å². The maximum atomic E-state index is 11.9. The molecule has 5 atom stereocenters. The van der Waals surface area contributed by atoms with E-state index in [4.69, 9.17) is 0 Å². The number of fused-ring (bicyclic) bond motifs is 5. The van der Waals surface area contributed by atoms with E-state index in [1.165, 1.54) is 6.92 Å². The zero-order valence-electron chi connectivity index (χ0n) is 8.77. The number of Topliss-reactive ketones (excluding diaryl/α,β-unsaturated/α-hetero) is 1. The zero-order valence-corrected chi connectivity index (χ0v) is 8.77.